The number of hydrogen-bond acceptors (Lipinski definition) is 1. The lowest BCUT2D eigenvalue weighted by Gasteiger charge is -2.14. The van der Waals surface area contributed by atoms with Gasteiger partial charge in [-0.05, 0) is 6.07 Å². The van der Waals surface area contributed by atoms with E-state index >= 15 is 0 Å². The first-order chi connectivity index (χ1) is 4.88. The van der Waals surface area contributed by atoms with Crippen molar-refractivity contribution >= 4 is 15.6 Å². The maximum absolute atomic E-state index is 11.1. The Balaban J connectivity index is 0.000000605. The highest BCUT2D eigenvalue weighted by atomic mass is 31.0. The molecule has 1 N–H and O–H groups in total. The second kappa shape index (κ2) is 3.31. The number of benzene rings is 1. The van der Waals surface area contributed by atoms with Crippen LogP contribution in [0.4, 0.5) is 5.69 Å². The highest BCUT2D eigenvalue weighted by Gasteiger charge is 2.16. The van der Waals surface area contributed by atoms with Crippen molar-refractivity contribution in [1.82, 2.24) is 0 Å². The Labute approximate surface area is 69.4 Å². The summed E-state index contributed by atoms with van der Waals surface area (Å²) in [5, 5.41) is 11.4. The average Bonchev–Trinajstić information content (AvgIpc) is 2.34. The Morgan fingerprint density at radius 1 is 1.27 bits per heavy atom. The fourth-order valence-corrected chi connectivity index (χ4v) is 1.39. The van der Waals surface area contributed by atoms with Gasteiger partial charge >= 0.3 is 0 Å². The second-order valence-corrected chi connectivity index (χ2v) is 2.58. The molecule has 60 valence electrons. The number of nitrogens with one attached hydrogen (secondary N) is 1. The van der Waals surface area contributed by atoms with Crippen LogP contribution in [0.15, 0.2) is 24.3 Å². The van der Waals surface area contributed by atoms with Gasteiger partial charge in [-0.15, -0.1) is 0 Å². The van der Waals surface area contributed by atoms with E-state index in [1.165, 1.54) is 5.56 Å². The molecule has 2 unspecified atom stereocenters. The largest absolute Gasteiger partial charge is 0.629 e. The number of fused-ring (bicyclic) bond motifs is 1. The van der Waals surface area contributed by atoms with Crippen molar-refractivity contribution in [2.75, 3.05) is 6.54 Å². The van der Waals surface area contributed by atoms with Crippen LogP contribution >= 0.6 is 9.90 Å². The molecule has 0 saturated heterocycles. The average molecular weight is 169 g/mol. The molecule has 0 bridgehead atoms. The lowest BCUT2D eigenvalue weighted by Crippen LogP contribution is -3.00. The summed E-state index contributed by atoms with van der Waals surface area (Å²) in [6, 6.07) is 7.84. The van der Waals surface area contributed by atoms with Crippen LogP contribution in [0.25, 0.3) is 0 Å². The van der Waals surface area contributed by atoms with E-state index in [1.54, 1.807) is 0 Å². The van der Waals surface area contributed by atoms with Gasteiger partial charge in [-0.1, -0.05) is 18.2 Å². The Hall–Kier alpha value is -0.430. The van der Waals surface area contributed by atoms with Gasteiger partial charge < -0.3 is 10.3 Å². The van der Waals surface area contributed by atoms with Gasteiger partial charge in [0.15, 0.2) is 0 Å². The molecule has 0 saturated carbocycles. The predicted molar refractivity (Wildman–Crippen MR) is 50.1 cm³/mol. The molecule has 0 fully saturated rings. The molecular weight excluding hydrogens is 157 g/mol. The molecule has 2 atom stereocenters. The smallest absolute Gasteiger partial charge is 0.134 e. The number of hydroxylamine groups is 1. The van der Waals surface area contributed by atoms with Crippen LogP contribution in [0, 0.1) is 5.21 Å². The van der Waals surface area contributed by atoms with Crippen molar-refractivity contribution < 1.29 is 5.06 Å². The van der Waals surface area contributed by atoms with Crippen LogP contribution in [0.2, 0.25) is 0 Å². The van der Waals surface area contributed by atoms with Crippen LogP contribution < -0.4 is 5.06 Å². The molecular formula is C8H12NOP. The first-order valence-corrected chi connectivity index (χ1v) is 3.49. The minimum atomic E-state index is 0. The fourth-order valence-electron chi connectivity index (χ4n) is 1.39. The molecule has 3 heteroatoms. The molecule has 1 aromatic rings. The number of rotatable bonds is 0. The molecule has 0 radical (unpaired) electrons. The molecule has 0 spiro atoms. The highest BCUT2D eigenvalue weighted by Crippen LogP contribution is 2.14. The van der Waals surface area contributed by atoms with Crippen molar-refractivity contribution in [3.63, 3.8) is 0 Å². The van der Waals surface area contributed by atoms with E-state index in [-0.39, 0.29) is 9.90 Å². The van der Waals surface area contributed by atoms with Crippen LogP contribution in [0.3, 0.4) is 0 Å². The number of para-hydroxylation sites is 1. The molecule has 2 rings (SSSR count). The minimum Gasteiger partial charge on any atom is -0.629 e. The molecule has 0 amide bonds. The zero-order chi connectivity index (χ0) is 6.97. The SMILES string of the molecule is P.[O-][NH+]1CCc2ccccc21. The third-order valence-corrected chi connectivity index (χ3v) is 1.94. The van der Waals surface area contributed by atoms with E-state index in [4.69, 9.17) is 0 Å². The summed E-state index contributed by atoms with van der Waals surface area (Å²) in [6.07, 6.45) is 0.939. The van der Waals surface area contributed by atoms with Gasteiger partial charge in [0, 0.05) is 12.0 Å². The second-order valence-electron chi connectivity index (χ2n) is 2.58. The normalized spacial score (nSPS) is 20.6. The maximum Gasteiger partial charge on any atom is 0.134 e. The van der Waals surface area contributed by atoms with Crippen molar-refractivity contribution in [2.24, 2.45) is 0 Å². The van der Waals surface area contributed by atoms with E-state index in [0.29, 0.717) is 11.6 Å². The maximum atomic E-state index is 11.1. The predicted octanol–water partition coefficient (Wildman–Crippen LogP) is 0.315. The molecule has 0 aromatic heterocycles. The standard InChI is InChI=1S/C8H9NO.H3P/c10-9-6-5-7-3-1-2-4-8(7)9;/h1-4,9H,5-6H2;1H3. The van der Waals surface area contributed by atoms with E-state index in [9.17, 15) is 5.21 Å². The highest BCUT2D eigenvalue weighted by molar-refractivity contribution is 6.92. The summed E-state index contributed by atoms with van der Waals surface area (Å²) < 4.78 is 0. The van der Waals surface area contributed by atoms with Crippen molar-refractivity contribution in [1.29, 1.82) is 0 Å². The van der Waals surface area contributed by atoms with Crippen LogP contribution in [-0.2, 0) is 6.42 Å². The van der Waals surface area contributed by atoms with Gasteiger partial charge in [-0.25, -0.2) is 0 Å². The van der Waals surface area contributed by atoms with Crippen LogP contribution in [0.5, 0.6) is 0 Å². The summed E-state index contributed by atoms with van der Waals surface area (Å²) in [5.41, 5.74) is 2.15. The third kappa shape index (κ3) is 1.43. The van der Waals surface area contributed by atoms with Gasteiger partial charge in [0.2, 0.25) is 0 Å². The fraction of sp³-hybridized carbons (Fsp3) is 0.250. The lowest BCUT2D eigenvalue weighted by molar-refractivity contribution is -0.768. The zero-order valence-electron chi connectivity index (χ0n) is 6.34. The molecule has 0 aliphatic carbocycles. The number of quaternary nitrogens is 1. The van der Waals surface area contributed by atoms with Crippen LogP contribution in [0.1, 0.15) is 5.56 Å². The molecule has 1 aliphatic heterocycles. The summed E-state index contributed by atoms with van der Waals surface area (Å²) in [4.78, 5) is 0. The van der Waals surface area contributed by atoms with Gasteiger partial charge in [0.25, 0.3) is 0 Å². The van der Waals surface area contributed by atoms with Gasteiger partial charge in [-0.2, -0.15) is 9.90 Å². The zero-order valence-corrected chi connectivity index (χ0v) is 7.75. The number of hydrogen-bond donors (Lipinski definition) is 1. The lowest BCUT2D eigenvalue weighted by atomic mass is 10.2. The molecule has 1 aromatic carbocycles. The molecule has 1 aliphatic rings. The summed E-state index contributed by atoms with van der Waals surface area (Å²) in [6.45, 7) is 0.708. The topological polar surface area (TPSA) is 27.5 Å². The van der Waals surface area contributed by atoms with Gasteiger partial charge in [0.05, 0.1) is 6.54 Å². The van der Waals surface area contributed by atoms with Crippen molar-refractivity contribution in [2.45, 2.75) is 6.42 Å². The summed E-state index contributed by atoms with van der Waals surface area (Å²) in [5.74, 6) is 0. The first kappa shape index (κ1) is 8.66. The van der Waals surface area contributed by atoms with Crippen LogP contribution in [-0.4, -0.2) is 6.54 Å². The van der Waals surface area contributed by atoms with Gasteiger partial charge in [0.1, 0.15) is 5.69 Å². The van der Waals surface area contributed by atoms with Crippen molar-refractivity contribution in [3.05, 3.63) is 35.0 Å². The van der Waals surface area contributed by atoms with E-state index in [1.807, 2.05) is 24.3 Å². The van der Waals surface area contributed by atoms with Gasteiger partial charge in [-0.3, -0.25) is 0 Å². The third-order valence-electron chi connectivity index (χ3n) is 1.94. The molecule has 1 heterocycles. The summed E-state index contributed by atoms with van der Waals surface area (Å²) >= 11 is 0. The van der Waals surface area contributed by atoms with E-state index in [2.05, 4.69) is 0 Å². The van der Waals surface area contributed by atoms with E-state index < -0.39 is 0 Å². The Morgan fingerprint density at radius 2 is 2.00 bits per heavy atom. The summed E-state index contributed by atoms with van der Waals surface area (Å²) in [7, 11) is 0. The quantitative estimate of drug-likeness (QED) is 0.439. The van der Waals surface area contributed by atoms with Crippen molar-refractivity contribution in [3.8, 4) is 0 Å². The Morgan fingerprint density at radius 3 is 2.73 bits per heavy atom. The first-order valence-electron chi connectivity index (χ1n) is 3.49. The Kier molecular flexibility index (Phi) is 2.61. The molecule has 11 heavy (non-hydrogen) atoms. The van der Waals surface area contributed by atoms with E-state index in [0.717, 1.165) is 12.1 Å². The molecule has 2 nitrogen and oxygen atoms in total. The minimum absolute atomic E-state index is 0. The monoisotopic (exact) mass is 169 g/mol. The Bertz CT molecular complexity index is 252.